The highest BCUT2D eigenvalue weighted by Crippen LogP contribution is 2.34. The number of fused-ring (bicyclic) bond motifs is 2. The molecule has 3 heterocycles. The molecule has 4 N–H and O–H groups in total. The largest absolute Gasteiger partial charge is 0.336 e. The summed E-state index contributed by atoms with van der Waals surface area (Å²) in [5.41, 5.74) is 9.81. The van der Waals surface area contributed by atoms with Gasteiger partial charge in [-0.05, 0) is 36.2 Å². The number of aromatic nitrogens is 2. The van der Waals surface area contributed by atoms with Gasteiger partial charge in [-0.3, -0.25) is 15.8 Å². The number of hydrogen-bond donors (Lipinski definition) is 4. The average molecular weight is 377 g/mol. The zero-order valence-electron chi connectivity index (χ0n) is 15.3. The average Bonchev–Trinajstić information content (AvgIpc) is 3.30. The van der Waals surface area contributed by atoms with Gasteiger partial charge in [0.15, 0.2) is 17.4 Å². The van der Waals surface area contributed by atoms with Gasteiger partial charge >= 0.3 is 0 Å². The van der Waals surface area contributed by atoms with E-state index in [2.05, 4.69) is 32.8 Å². The Labute approximate surface area is 161 Å². The van der Waals surface area contributed by atoms with E-state index in [1.807, 2.05) is 24.3 Å². The van der Waals surface area contributed by atoms with E-state index in [1.165, 1.54) is 12.1 Å². The lowest BCUT2D eigenvalue weighted by Gasteiger charge is -2.32. The molecule has 3 aromatic rings. The summed E-state index contributed by atoms with van der Waals surface area (Å²) in [5.74, 6) is 0.587. The first-order valence-corrected chi connectivity index (χ1v) is 9.34. The van der Waals surface area contributed by atoms with Crippen LogP contribution < -0.4 is 10.9 Å². The number of benzene rings is 2. The molecule has 0 saturated carbocycles. The molecule has 8 heteroatoms. The maximum Gasteiger partial charge on any atom is 0.169 e. The SMILES string of the molecule is CCC1NN2C(=N)C(c3nc4ccccc4[nH]3)=NNC2C1c1ccc(F)cc1. The molecule has 0 spiro atoms. The van der Waals surface area contributed by atoms with Crippen LogP contribution in [0.4, 0.5) is 4.39 Å². The minimum atomic E-state index is -0.255. The van der Waals surface area contributed by atoms with Gasteiger partial charge in [0.05, 0.1) is 11.0 Å². The van der Waals surface area contributed by atoms with Crippen molar-refractivity contribution in [1.29, 1.82) is 5.41 Å². The van der Waals surface area contributed by atoms with Crippen LogP contribution in [-0.2, 0) is 0 Å². The number of rotatable bonds is 3. The molecule has 2 aliphatic heterocycles. The third-order valence-electron chi connectivity index (χ3n) is 5.44. The second-order valence-corrected chi connectivity index (χ2v) is 7.08. The number of hydrogen-bond acceptors (Lipinski definition) is 5. The first-order chi connectivity index (χ1) is 13.7. The third kappa shape index (κ3) is 2.56. The molecule has 3 atom stereocenters. The van der Waals surface area contributed by atoms with E-state index in [-0.39, 0.29) is 29.8 Å². The summed E-state index contributed by atoms with van der Waals surface area (Å²) in [6.07, 6.45) is 0.639. The van der Waals surface area contributed by atoms with Crippen molar-refractivity contribution in [2.45, 2.75) is 31.5 Å². The highest BCUT2D eigenvalue weighted by Gasteiger charge is 2.46. The molecule has 0 bridgehead atoms. The summed E-state index contributed by atoms with van der Waals surface area (Å²) in [5, 5.41) is 15.0. The second-order valence-electron chi connectivity index (χ2n) is 7.08. The van der Waals surface area contributed by atoms with Gasteiger partial charge < -0.3 is 4.98 Å². The van der Waals surface area contributed by atoms with Crippen LogP contribution in [0.2, 0.25) is 0 Å². The summed E-state index contributed by atoms with van der Waals surface area (Å²) < 4.78 is 13.4. The molecule has 28 heavy (non-hydrogen) atoms. The zero-order chi connectivity index (χ0) is 19.3. The molecule has 1 fully saturated rings. The van der Waals surface area contributed by atoms with E-state index in [0.717, 1.165) is 23.0 Å². The predicted octanol–water partition coefficient (Wildman–Crippen LogP) is 2.70. The predicted molar refractivity (Wildman–Crippen MR) is 105 cm³/mol. The fourth-order valence-electron chi connectivity index (χ4n) is 4.03. The molecular weight excluding hydrogens is 357 g/mol. The van der Waals surface area contributed by atoms with Crippen molar-refractivity contribution in [3.8, 4) is 0 Å². The molecule has 1 aromatic heterocycles. The molecule has 142 valence electrons. The van der Waals surface area contributed by atoms with Crippen molar-refractivity contribution in [2.24, 2.45) is 5.10 Å². The number of imidazole rings is 1. The normalized spacial score (nSPS) is 24.2. The number of nitrogens with one attached hydrogen (secondary N) is 4. The van der Waals surface area contributed by atoms with Gasteiger partial charge in [0.1, 0.15) is 12.0 Å². The van der Waals surface area contributed by atoms with Crippen LogP contribution in [0.3, 0.4) is 0 Å². The van der Waals surface area contributed by atoms with Crippen LogP contribution >= 0.6 is 0 Å². The molecular formula is C20H20FN7. The third-order valence-corrected chi connectivity index (χ3v) is 5.44. The number of halogens is 1. The molecule has 0 radical (unpaired) electrons. The van der Waals surface area contributed by atoms with Crippen LogP contribution in [0.25, 0.3) is 11.0 Å². The van der Waals surface area contributed by atoms with Crippen LogP contribution in [-0.4, -0.2) is 38.7 Å². The number of H-pyrrole nitrogens is 1. The number of nitrogens with zero attached hydrogens (tertiary/aromatic N) is 3. The van der Waals surface area contributed by atoms with Crippen molar-refractivity contribution < 1.29 is 4.39 Å². The van der Waals surface area contributed by atoms with Crippen LogP contribution in [0, 0.1) is 11.2 Å². The van der Waals surface area contributed by atoms with E-state index >= 15 is 0 Å². The molecule has 0 amide bonds. The Morgan fingerprint density at radius 2 is 1.93 bits per heavy atom. The molecule has 7 nitrogen and oxygen atoms in total. The number of hydrazine groups is 1. The highest BCUT2D eigenvalue weighted by atomic mass is 19.1. The lowest BCUT2D eigenvalue weighted by Crippen LogP contribution is -2.55. The summed E-state index contributed by atoms with van der Waals surface area (Å²) in [7, 11) is 0. The summed E-state index contributed by atoms with van der Waals surface area (Å²) in [4.78, 5) is 7.79. The van der Waals surface area contributed by atoms with Crippen LogP contribution in [0.5, 0.6) is 0 Å². The number of aromatic amines is 1. The van der Waals surface area contributed by atoms with Crippen molar-refractivity contribution in [3.63, 3.8) is 0 Å². The Morgan fingerprint density at radius 3 is 2.68 bits per heavy atom. The fourth-order valence-corrected chi connectivity index (χ4v) is 4.03. The molecule has 2 aliphatic rings. The minimum Gasteiger partial charge on any atom is -0.336 e. The van der Waals surface area contributed by atoms with Gasteiger partial charge in [0, 0.05) is 12.0 Å². The van der Waals surface area contributed by atoms with Gasteiger partial charge in [0.25, 0.3) is 0 Å². The fraction of sp³-hybridized carbons (Fsp3) is 0.250. The molecule has 3 unspecified atom stereocenters. The standard InChI is InChI=1S/C20H20FN7/c1-2-13-16(11-7-9-12(21)10-8-11)20-26-25-17(18(22)28(20)27-13)19-23-14-5-3-4-6-15(14)24-19/h3-10,13,16,20,22,26-27H,2H2,1H3,(H,23,24). The summed E-state index contributed by atoms with van der Waals surface area (Å²) in [6, 6.07) is 14.4. The van der Waals surface area contributed by atoms with Gasteiger partial charge in [-0.2, -0.15) is 5.10 Å². The molecule has 5 rings (SSSR count). The monoisotopic (exact) mass is 377 g/mol. The smallest absolute Gasteiger partial charge is 0.169 e. The Kier molecular flexibility index (Phi) is 3.87. The van der Waals surface area contributed by atoms with Gasteiger partial charge in [0.2, 0.25) is 0 Å². The molecule has 1 saturated heterocycles. The number of hydrazone groups is 1. The minimum absolute atomic E-state index is 0.0342. The Bertz CT molecular complexity index is 1040. The Morgan fingerprint density at radius 1 is 1.14 bits per heavy atom. The number of amidine groups is 1. The van der Waals surface area contributed by atoms with Crippen molar-refractivity contribution >= 4 is 22.6 Å². The first kappa shape index (κ1) is 16.9. The van der Waals surface area contributed by atoms with Crippen LogP contribution in [0.1, 0.15) is 30.7 Å². The topological polar surface area (TPSA) is 92.2 Å². The summed E-state index contributed by atoms with van der Waals surface area (Å²) >= 11 is 0. The Hall–Kier alpha value is -3.26. The van der Waals surface area contributed by atoms with E-state index < -0.39 is 0 Å². The van der Waals surface area contributed by atoms with E-state index in [0.29, 0.717) is 11.5 Å². The number of para-hydroxylation sites is 2. The van der Waals surface area contributed by atoms with E-state index in [4.69, 9.17) is 5.41 Å². The van der Waals surface area contributed by atoms with E-state index in [9.17, 15) is 4.39 Å². The first-order valence-electron chi connectivity index (χ1n) is 9.34. The molecule has 2 aromatic carbocycles. The van der Waals surface area contributed by atoms with Gasteiger partial charge in [-0.25, -0.2) is 14.8 Å². The van der Waals surface area contributed by atoms with Crippen LogP contribution in [0.15, 0.2) is 53.6 Å². The van der Waals surface area contributed by atoms with Gasteiger partial charge in [-0.15, -0.1) is 0 Å². The summed E-state index contributed by atoms with van der Waals surface area (Å²) in [6.45, 7) is 2.09. The highest BCUT2D eigenvalue weighted by molar-refractivity contribution is 6.45. The maximum absolute atomic E-state index is 13.4. The Balaban J connectivity index is 1.50. The van der Waals surface area contributed by atoms with E-state index in [1.54, 1.807) is 17.1 Å². The van der Waals surface area contributed by atoms with Crippen molar-refractivity contribution in [1.82, 2.24) is 25.8 Å². The zero-order valence-corrected chi connectivity index (χ0v) is 15.3. The van der Waals surface area contributed by atoms with Crippen molar-refractivity contribution in [2.75, 3.05) is 0 Å². The lowest BCUT2D eigenvalue weighted by atomic mass is 9.89. The second kappa shape index (κ2) is 6.42. The maximum atomic E-state index is 13.4. The van der Waals surface area contributed by atoms with Gasteiger partial charge in [-0.1, -0.05) is 31.2 Å². The molecule has 0 aliphatic carbocycles. The quantitative estimate of drug-likeness (QED) is 0.565. The van der Waals surface area contributed by atoms with Crippen molar-refractivity contribution in [3.05, 3.63) is 65.7 Å². The lowest BCUT2D eigenvalue weighted by molar-refractivity contribution is 0.254.